The Kier molecular flexibility index (Phi) is 5.33. The molecule has 0 radical (unpaired) electrons. The first-order valence-corrected chi connectivity index (χ1v) is 9.06. The molecule has 0 bridgehead atoms. The third-order valence-electron chi connectivity index (χ3n) is 3.73. The number of ether oxygens (including phenoxy) is 1. The van der Waals surface area contributed by atoms with Gasteiger partial charge in [0.05, 0.1) is 24.2 Å². The second-order valence-corrected chi connectivity index (χ2v) is 7.41. The van der Waals surface area contributed by atoms with Gasteiger partial charge in [0.15, 0.2) is 0 Å². The van der Waals surface area contributed by atoms with Crippen molar-refractivity contribution in [3.63, 3.8) is 0 Å². The van der Waals surface area contributed by atoms with Crippen molar-refractivity contribution in [2.45, 2.75) is 11.4 Å². The number of carbonyl (C=O) groups is 2. The van der Waals surface area contributed by atoms with E-state index < -0.39 is 17.7 Å². The van der Waals surface area contributed by atoms with Crippen LogP contribution in [0.15, 0.2) is 56.7 Å². The fraction of sp³-hybridized carbons (Fsp3) is 0.111. The Balaban J connectivity index is 2.06. The number of thioether (sulfide) groups is 1. The molecule has 26 heavy (non-hydrogen) atoms. The zero-order chi connectivity index (χ0) is 18.8. The summed E-state index contributed by atoms with van der Waals surface area (Å²) in [5, 5.41) is 9.03. The molecule has 0 aliphatic carbocycles. The zero-order valence-electron chi connectivity index (χ0n) is 13.5. The lowest BCUT2D eigenvalue weighted by Crippen LogP contribution is -2.34. The first kappa shape index (κ1) is 18.5. The largest absolute Gasteiger partial charge is 0.497 e. The minimum atomic E-state index is -1.22. The van der Waals surface area contributed by atoms with Gasteiger partial charge in [-0.05, 0) is 30.3 Å². The number of rotatable bonds is 4. The number of aliphatic carboxylic acids is 1. The molecule has 3 rings (SSSR count). The minimum absolute atomic E-state index is 0.0191. The highest BCUT2D eigenvalue weighted by atomic mass is 79.9. The van der Waals surface area contributed by atoms with E-state index in [1.54, 1.807) is 30.3 Å². The molecule has 0 saturated heterocycles. The first-order valence-electron chi connectivity index (χ1n) is 7.45. The Morgan fingerprint density at radius 1 is 1.35 bits per heavy atom. The van der Waals surface area contributed by atoms with E-state index >= 15 is 0 Å². The van der Waals surface area contributed by atoms with Gasteiger partial charge in [0.1, 0.15) is 11.6 Å². The molecule has 1 aliphatic rings. The molecule has 0 saturated carbocycles. The van der Waals surface area contributed by atoms with Crippen LogP contribution in [0.4, 0.5) is 10.1 Å². The van der Waals surface area contributed by atoms with Gasteiger partial charge < -0.3 is 14.7 Å². The quantitative estimate of drug-likeness (QED) is 0.725. The van der Waals surface area contributed by atoms with Crippen molar-refractivity contribution in [1.29, 1.82) is 0 Å². The highest BCUT2D eigenvalue weighted by Crippen LogP contribution is 2.43. The molecule has 2 aromatic carbocycles. The lowest BCUT2D eigenvalue weighted by Gasteiger charge is -2.30. The van der Waals surface area contributed by atoms with Gasteiger partial charge in [0.25, 0.3) is 5.91 Å². The average Bonchev–Trinajstić information content (AvgIpc) is 2.59. The predicted octanol–water partition coefficient (Wildman–Crippen LogP) is 4.20. The number of carboxylic acids is 1. The Morgan fingerprint density at radius 2 is 2.12 bits per heavy atom. The summed E-state index contributed by atoms with van der Waals surface area (Å²) < 4.78 is 20.0. The van der Waals surface area contributed by atoms with E-state index in [1.165, 1.54) is 18.1 Å². The molecule has 1 aliphatic heterocycles. The number of fused-ring (bicyclic) bond motifs is 1. The summed E-state index contributed by atoms with van der Waals surface area (Å²) in [5.74, 6) is -1.58. The Bertz CT molecular complexity index is 931. The lowest BCUT2D eigenvalue weighted by atomic mass is 10.1. The molecular formula is C18H13BrFNO4S. The van der Waals surface area contributed by atoms with Gasteiger partial charge in [0.2, 0.25) is 0 Å². The first-order chi connectivity index (χ1) is 12.4. The molecule has 0 fully saturated rings. The topological polar surface area (TPSA) is 66.8 Å². The fourth-order valence-electron chi connectivity index (χ4n) is 2.51. The van der Waals surface area contributed by atoms with Crippen LogP contribution < -0.4 is 9.64 Å². The van der Waals surface area contributed by atoms with Crippen LogP contribution in [-0.2, 0) is 16.1 Å². The molecule has 0 atom stereocenters. The van der Waals surface area contributed by atoms with Crippen molar-refractivity contribution in [2.75, 3.05) is 12.0 Å². The molecule has 1 amide bonds. The summed E-state index contributed by atoms with van der Waals surface area (Å²) >= 11 is 4.25. The van der Waals surface area contributed by atoms with Crippen molar-refractivity contribution in [3.05, 3.63) is 63.2 Å². The SMILES string of the molecule is COc1ccc2c(c1)SC(=CC(=O)O)C(=O)N2Cc1ccc(Br)cc1F. The summed E-state index contributed by atoms with van der Waals surface area (Å²) in [6.45, 7) is -0.0191. The van der Waals surface area contributed by atoms with Crippen molar-refractivity contribution in [1.82, 2.24) is 0 Å². The Morgan fingerprint density at radius 3 is 2.77 bits per heavy atom. The van der Waals surface area contributed by atoms with Crippen LogP contribution in [-0.4, -0.2) is 24.1 Å². The van der Waals surface area contributed by atoms with Crippen LogP contribution in [0.25, 0.3) is 0 Å². The minimum Gasteiger partial charge on any atom is -0.497 e. The number of hydrogen-bond donors (Lipinski definition) is 1. The summed E-state index contributed by atoms with van der Waals surface area (Å²) in [6, 6.07) is 9.70. The monoisotopic (exact) mass is 437 g/mol. The van der Waals surface area contributed by atoms with Crippen LogP contribution in [0.3, 0.4) is 0 Å². The van der Waals surface area contributed by atoms with Crippen LogP contribution in [0.1, 0.15) is 5.56 Å². The van der Waals surface area contributed by atoms with Gasteiger partial charge in [-0.25, -0.2) is 9.18 Å². The molecule has 0 aromatic heterocycles. The van der Waals surface area contributed by atoms with Crippen LogP contribution in [0.5, 0.6) is 5.75 Å². The third-order valence-corrected chi connectivity index (χ3v) is 5.28. The number of carboxylic acid groups (broad SMARTS) is 1. The normalized spacial score (nSPS) is 15.1. The van der Waals surface area contributed by atoms with Gasteiger partial charge in [-0.1, -0.05) is 33.8 Å². The Labute approximate surface area is 161 Å². The molecule has 134 valence electrons. The maximum absolute atomic E-state index is 14.2. The number of benzene rings is 2. The number of halogens is 2. The van der Waals surface area contributed by atoms with Crippen molar-refractivity contribution in [3.8, 4) is 5.75 Å². The number of hydrogen-bond acceptors (Lipinski definition) is 4. The Hall–Kier alpha value is -2.32. The highest BCUT2D eigenvalue weighted by molar-refractivity contribution is 9.10. The predicted molar refractivity (Wildman–Crippen MR) is 99.9 cm³/mol. The standard InChI is InChI=1S/C18H13BrFNO4S/c1-25-12-4-5-14-15(7-12)26-16(8-17(22)23)18(24)21(14)9-10-2-3-11(19)6-13(10)20/h2-8H,9H2,1H3,(H,22,23). The number of anilines is 1. The molecule has 2 aromatic rings. The van der Waals surface area contributed by atoms with Crippen molar-refractivity contribution < 1.29 is 23.8 Å². The third kappa shape index (κ3) is 3.76. The number of nitrogens with zero attached hydrogens (tertiary/aromatic N) is 1. The number of methoxy groups -OCH3 is 1. The molecule has 1 N–H and O–H groups in total. The zero-order valence-corrected chi connectivity index (χ0v) is 15.9. The van der Waals surface area contributed by atoms with E-state index in [0.717, 1.165) is 17.8 Å². The number of amides is 1. The van der Waals surface area contributed by atoms with Crippen LogP contribution in [0.2, 0.25) is 0 Å². The molecular weight excluding hydrogens is 425 g/mol. The van der Waals surface area contributed by atoms with Crippen molar-refractivity contribution >= 4 is 45.3 Å². The van der Waals surface area contributed by atoms with Gasteiger partial charge in [-0.3, -0.25) is 4.79 Å². The maximum Gasteiger partial charge on any atom is 0.329 e. The average molecular weight is 438 g/mol. The fourth-order valence-corrected chi connectivity index (χ4v) is 3.90. The maximum atomic E-state index is 14.2. The van der Waals surface area contributed by atoms with Gasteiger partial charge in [-0.2, -0.15) is 0 Å². The molecule has 8 heteroatoms. The molecule has 0 unspecified atom stereocenters. The summed E-state index contributed by atoms with van der Waals surface area (Å²) in [6.07, 6.45) is 0.861. The van der Waals surface area contributed by atoms with Crippen molar-refractivity contribution in [2.24, 2.45) is 0 Å². The van der Waals surface area contributed by atoms with E-state index in [9.17, 15) is 14.0 Å². The van der Waals surface area contributed by atoms with Crippen LogP contribution >= 0.6 is 27.7 Å². The van der Waals surface area contributed by atoms with Gasteiger partial charge in [-0.15, -0.1) is 0 Å². The van der Waals surface area contributed by atoms with Gasteiger partial charge in [0, 0.05) is 21.0 Å². The second kappa shape index (κ2) is 7.51. The lowest BCUT2D eigenvalue weighted by molar-refractivity contribution is -0.131. The number of carbonyl (C=O) groups excluding carboxylic acids is 1. The van der Waals surface area contributed by atoms with Gasteiger partial charge >= 0.3 is 5.97 Å². The smallest absolute Gasteiger partial charge is 0.329 e. The van der Waals surface area contributed by atoms with E-state index in [2.05, 4.69) is 15.9 Å². The van der Waals surface area contributed by atoms with E-state index in [1.807, 2.05) is 0 Å². The van der Waals surface area contributed by atoms with E-state index in [4.69, 9.17) is 9.84 Å². The molecule has 5 nitrogen and oxygen atoms in total. The summed E-state index contributed by atoms with van der Waals surface area (Å²) in [7, 11) is 1.52. The van der Waals surface area contributed by atoms with E-state index in [-0.39, 0.29) is 11.4 Å². The van der Waals surface area contributed by atoms with Crippen LogP contribution in [0, 0.1) is 5.82 Å². The summed E-state index contributed by atoms with van der Waals surface area (Å²) in [5.41, 5.74) is 0.899. The molecule has 1 heterocycles. The summed E-state index contributed by atoms with van der Waals surface area (Å²) in [4.78, 5) is 25.9. The second-order valence-electron chi connectivity index (χ2n) is 5.41. The molecule has 0 spiro atoms. The van der Waals surface area contributed by atoms with E-state index in [0.29, 0.717) is 26.4 Å². The highest BCUT2D eigenvalue weighted by Gasteiger charge is 2.30.